The van der Waals surface area contributed by atoms with Crippen LogP contribution in [-0.2, 0) is 11.2 Å². The second-order valence-electron chi connectivity index (χ2n) is 2.55. The minimum Gasteiger partial charge on any atom is -0.611 e. The van der Waals surface area contributed by atoms with Crippen LogP contribution < -0.4 is 4.74 Å². The molecule has 0 amide bonds. The van der Waals surface area contributed by atoms with E-state index in [2.05, 4.69) is 15.9 Å². The van der Waals surface area contributed by atoms with Gasteiger partial charge < -0.3 is 9.29 Å². The van der Waals surface area contributed by atoms with Crippen molar-refractivity contribution < 1.29 is 9.29 Å². The lowest BCUT2D eigenvalue weighted by atomic mass is 10.3. The van der Waals surface area contributed by atoms with Gasteiger partial charge in [-0.3, -0.25) is 0 Å². The first kappa shape index (κ1) is 12.2. The number of hydrogen-bond donors (Lipinski definition) is 0. The first-order valence-electron chi connectivity index (χ1n) is 4.01. The molecule has 1 unspecified atom stereocenters. The number of rotatable bonds is 3. The summed E-state index contributed by atoms with van der Waals surface area (Å²) >= 11 is 8.20. The number of halogens is 2. The van der Waals surface area contributed by atoms with E-state index in [-0.39, 0.29) is 0 Å². The number of hydrogen-bond acceptors (Lipinski definition) is 2. The summed E-state index contributed by atoms with van der Waals surface area (Å²) in [7, 11) is 1.56. The topological polar surface area (TPSA) is 32.3 Å². The molecular weight excluding hydrogens is 288 g/mol. The molecule has 0 heterocycles. The summed E-state index contributed by atoms with van der Waals surface area (Å²) in [6.45, 7) is 1.85. The van der Waals surface area contributed by atoms with Crippen molar-refractivity contribution in [1.29, 1.82) is 0 Å². The molecule has 78 valence electrons. The second kappa shape index (κ2) is 5.26. The van der Waals surface area contributed by atoms with E-state index in [1.54, 1.807) is 19.2 Å². The van der Waals surface area contributed by atoms with E-state index in [1.165, 1.54) is 0 Å². The van der Waals surface area contributed by atoms with Gasteiger partial charge in [-0.1, -0.05) is 11.6 Å². The van der Waals surface area contributed by atoms with Gasteiger partial charge in [0, 0.05) is 6.07 Å². The van der Waals surface area contributed by atoms with Gasteiger partial charge >= 0.3 is 0 Å². The number of ether oxygens (including phenoxy) is 1. The molecule has 1 rings (SSSR count). The fourth-order valence-corrected chi connectivity index (χ4v) is 2.88. The van der Waals surface area contributed by atoms with Crippen molar-refractivity contribution in [2.24, 2.45) is 0 Å². The first-order valence-corrected chi connectivity index (χ1v) is 6.50. The normalized spacial score (nSPS) is 12.6. The Kier molecular flexibility index (Phi) is 4.57. The molecule has 0 saturated heterocycles. The van der Waals surface area contributed by atoms with E-state index in [4.69, 9.17) is 16.3 Å². The van der Waals surface area contributed by atoms with E-state index in [0.29, 0.717) is 21.4 Å². The lowest BCUT2D eigenvalue weighted by Crippen LogP contribution is -2.05. The molecule has 1 aromatic rings. The average molecular weight is 298 g/mol. The summed E-state index contributed by atoms with van der Waals surface area (Å²) in [5.41, 5.74) is 0. The summed E-state index contributed by atoms with van der Waals surface area (Å²) in [4.78, 5) is 0.620. The fraction of sp³-hybridized carbons (Fsp3) is 0.333. The fourth-order valence-electron chi connectivity index (χ4n) is 0.997. The van der Waals surface area contributed by atoms with Gasteiger partial charge in [0.2, 0.25) is 0 Å². The maximum atomic E-state index is 11.6. The van der Waals surface area contributed by atoms with Gasteiger partial charge in [-0.05, 0) is 40.1 Å². The monoisotopic (exact) mass is 296 g/mol. The molecule has 0 aliphatic heterocycles. The molecule has 0 aromatic heterocycles. The third kappa shape index (κ3) is 2.57. The number of methoxy groups -OCH3 is 1. The Morgan fingerprint density at radius 3 is 2.71 bits per heavy atom. The maximum Gasteiger partial charge on any atom is 0.175 e. The van der Waals surface area contributed by atoms with Gasteiger partial charge in [0.05, 0.1) is 16.6 Å². The van der Waals surface area contributed by atoms with E-state index in [0.717, 1.165) is 4.47 Å². The molecule has 1 aromatic carbocycles. The Labute approximate surface area is 99.9 Å². The second-order valence-corrected chi connectivity index (χ2v) is 5.52. The number of benzene rings is 1. The van der Waals surface area contributed by atoms with Crippen molar-refractivity contribution in [1.82, 2.24) is 0 Å². The summed E-state index contributed by atoms with van der Waals surface area (Å²) < 4.78 is 17.4. The van der Waals surface area contributed by atoms with E-state index in [1.807, 2.05) is 6.92 Å². The summed E-state index contributed by atoms with van der Waals surface area (Å²) in [5.74, 6) is 1.19. The molecule has 5 heteroatoms. The van der Waals surface area contributed by atoms with Crippen LogP contribution in [0, 0.1) is 0 Å². The zero-order valence-electron chi connectivity index (χ0n) is 7.84. The van der Waals surface area contributed by atoms with Gasteiger partial charge in [-0.2, -0.15) is 0 Å². The van der Waals surface area contributed by atoms with Crippen LogP contribution in [0.15, 0.2) is 21.5 Å². The zero-order valence-corrected chi connectivity index (χ0v) is 11.0. The molecule has 0 fully saturated rings. The Morgan fingerprint density at radius 1 is 1.57 bits per heavy atom. The Bertz CT molecular complexity index is 333. The summed E-state index contributed by atoms with van der Waals surface area (Å²) in [6, 6.07) is 3.40. The van der Waals surface area contributed by atoms with Crippen molar-refractivity contribution in [3.8, 4) is 5.75 Å². The molecule has 0 spiro atoms. The minimum absolute atomic E-state index is 0.498. The van der Waals surface area contributed by atoms with Crippen molar-refractivity contribution >= 4 is 38.7 Å². The molecule has 1 atom stereocenters. The highest BCUT2D eigenvalue weighted by Gasteiger charge is 2.16. The highest BCUT2D eigenvalue weighted by atomic mass is 79.9. The van der Waals surface area contributed by atoms with Crippen LogP contribution in [0.2, 0.25) is 5.02 Å². The lowest BCUT2D eigenvalue weighted by molar-refractivity contribution is 0.411. The Hall–Kier alpha value is 0.1000. The molecule has 0 saturated carbocycles. The quantitative estimate of drug-likeness (QED) is 0.802. The van der Waals surface area contributed by atoms with Crippen LogP contribution >= 0.6 is 27.5 Å². The van der Waals surface area contributed by atoms with Crippen LogP contribution in [0.1, 0.15) is 6.92 Å². The molecule has 0 aliphatic rings. The smallest absolute Gasteiger partial charge is 0.175 e. The molecule has 14 heavy (non-hydrogen) atoms. The standard InChI is InChI=1S/C9H10BrClO2S/c1-3-14(12)9-5-8(13-2)6(10)4-7(9)11/h4-5H,3H2,1-2H3. The van der Waals surface area contributed by atoms with Crippen molar-refractivity contribution in [3.05, 3.63) is 21.6 Å². The van der Waals surface area contributed by atoms with Crippen molar-refractivity contribution in [3.63, 3.8) is 0 Å². The molecular formula is C9H10BrClO2S. The average Bonchev–Trinajstić information content (AvgIpc) is 2.17. The Balaban J connectivity index is 3.17. The molecule has 0 N–H and O–H groups in total. The largest absolute Gasteiger partial charge is 0.611 e. The van der Waals surface area contributed by atoms with Gasteiger partial charge in [0.25, 0.3) is 0 Å². The van der Waals surface area contributed by atoms with Crippen LogP contribution in [0.4, 0.5) is 0 Å². The van der Waals surface area contributed by atoms with E-state index < -0.39 is 11.2 Å². The molecule has 0 radical (unpaired) electrons. The van der Waals surface area contributed by atoms with E-state index >= 15 is 0 Å². The van der Waals surface area contributed by atoms with Crippen molar-refractivity contribution in [2.45, 2.75) is 11.8 Å². The Morgan fingerprint density at radius 2 is 2.21 bits per heavy atom. The van der Waals surface area contributed by atoms with Gasteiger partial charge in [0.1, 0.15) is 11.5 Å². The lowest BCUT2D eigenvalue weighted by Gasteiger charge is -2.11. The first-order chi connectivity index (χ1) is 6.60. The van der Waals surface area contributed by atoms with Gasteiger partial charge in [-0.25, -0.2) is 0 Å². The molecule has 0 aliphatic carbocycles. The predicted octanol–water partition coefficient (Wildman–Crippen LogP) is 3.24. The van der Waals surface area contributed by atoms with E-state index in [9.17, 15) is 4.55 Å². The van der Waals surface area contributed by atoms with Gasteiger partial charge in [-0.15, -0.1) is 0 Å². The predicted molar refractivity (Wildman–Crippen MR) is 62.7 cm³/mol. The van der Waals surface area contributed by atoms with Gasteiger partial charge in [0.15, 0.2) is 4.90 Å². The van der Waals surface area contributed by atoms with Crippen LogP contribution in [0.25, 0.3) is 0 Å². The maximum absolute atomic E-state index is 11.6. The van der Waals surface area contributed by atoms with Crippen LogP contribution in [0.5, 0.6) is 5.75 Å². The highest BCUT2D eigenvalue weighted by Crippen LogP contribution is 2.33. The molecule has 0 bridgehead atoms. The summed E-state index contributed by atoms with van der Waals surface area (Å²) in [6.07, 6.45) is 0. The molecule has 2 nitrogen and oxygen atoms in total. The van der Waals surface area contributed by atoms with Crippen LogP contribution in [0.3, 0.4) is 0 Å². The zero-order chi connectivity index (χ0) is 10.7. The van der Waals surface area contributed by atoms with Crippen LogP contribution in [-0.4, -0.2) is 17.4 Å². The highest BCUT2D eigenvalue weighted by molar-refractivity contribution is 9.10. The summed E-state index contributed by atoms with van der Waals surface area (Å²) in [5, 5.41) is 0.498. The minimum atomic E-state index is -1.05. The third-order valence-electron chi connectivity index (χ3n) is 1.71. The van der Waals surface area contributed by atoms with Crippen molar-refractivity contribution in [2.75, 3.05) is 12.9 Å². The third-order valence-corrected chi connectivity index (χ3v) is 4.11. The SMILES string of the molecule is CC[S+]([O-])c1cc(OC)c(Br)cc1Cl.